The van der Waals surface area contributed by atoms with Crippen LogP contribution in [0.15, 0.2) is 28.2 Å². The summed E-state index contributed by atoms with van der Waals surface area (Å²) in [5, 5.41) is 0. The summed E-state index contributed by atoms with van der Waals surface area (Å²) in [4.78, 5) is 13.5. The van der Waals surface area contributed by atoms with Crippen molar-refractivity contribution in [3.63, 3.8) is 0 Å². The highest BCUT2D eigenvalue weighted by Crippen LogP contribution is 2.00. The first-order chi connectivity index (χ1) is 8.01. The van der Waals surface area contributed by atoms with Crippen LogP contribution in [0.3, 0.4) is 0 Å². The minimum atomic E-state index is -3.86. The van der Waals surface area contributed by atoms with E-state index in [4.69, 9.17) is 9.47 Å². The molecule has 0 radical (unpaired) electrons. The molecule has 0 aliphatic rings. The third kappa shape index (κ3) is 3.63. The van der Waals surface area contributed by atoms with Gasteiger partial charge in [-0.15, -0.1) is 0 Å². The van der Waals surface area contributed by atoms with Crippen molar-refractivity contribution in [1.82, 2.24) is 9.71 Å². The van der Waals surface area contributed by atoms with Crippen LogP contribution < -0.4 is 10.2 Å². The van der Waals surface area contributed by atoms with Crippen LogP contribution in [0.25, 0.3) is 0 Å². The highest BCUT2D eigenvalue weighted by atomic mass is 32.2. The fourth-order valence-corrected chi connectivity index (χ4v) is 2.20. The second-order valence-corrected chi connectivity index (χ2v) is 4.86. The van der Waals surface area contributed by atoms with E-state index in [1.165, 1.54) is 20.4 Å². The number of aromatic nitrogens is 1. The average Bonchev–Trinajstić information content (AvgIpc) is 2.30. The van der Waals surface area contributed by atoms with E-state index in [9.17, 15) is 13.2 Å². The quantitative estimate of drug-likeness (QED) is 0.659. The lowest BCUT2D eigenvalue weighted by Crippen LogP contribution is -2.36. The Hall–Kier alpha value is -1.22. The molecule has 0 fully saturated rings. The van der Waals surface area contributed by atoms with Gasteiger partial charge in [0.2, 0.25) is 15.5 Å². The van der Waals surface area contributed by atoms with Gasteiger partial charge in [-0.05, 0) is 0 Å². The number of rotatable bonds is 6. The van der Waals surface area contributed by atoms with Gasteiger partial charge in [-0.25, -0.2) is 13.1 Å². The van der Waals surface area contributed by atoms with Gasteiger partial charge in [0.15, 0.2) is 6.29 Å². The zero-order valence-electron chi connectivity index (χ0n) is 9.47. The maximum atomic E-state index is 11.7. The van der Waals surface area contributed by atoms with E-state index in [0.29, 0.717) is 0 Å². The number of aromatic amines is 1. The number of ether oxygens (including phenoxy) is 2. The Balaban J connectivity index is 2.84. The van der Waals surface area contributed by atoms with E-state index < -0.39 is 21.7 Å². The van der Waals surface area contributed by atoms with E-state index in [-0.39, 0.29) is 11.4 Å². The predicted octanol–water partition coefficient (Wildman–Crippen LogP) is -0.728. The number of pyridine rings is 1. The molecule has 1 aromatic heterocycles. The van der Waals surface area contributed by atoms with Crippen LogP contribution in [0.2, 0.25) is 0 Å². The zero-order chi connectivity index (χ0) is 12.9. The van der Waals surface area contributed by atoms with Crippen molar-refractivity contribution in [2.24, 2.45) is 0 Å². The van der Waals surface area contributed by atoms with Gasteiger partial charge in [-0.1, -0.05) is 0 Å². The van der Waals surface area contributed by atoms with Crippen molar-refractivity contribution in [2.45, 2.75) is 11.2 Å². The van der Waals surface area contributed by atoms with Crippen LogP contribution in [-0.4, -0.2) is 40.5 Å². The summed E-state index contributed by atoms with van der Waals surface area (Å²) in [6, 6.07) is 1.14. The van der Waals surface area contributed by atoms with Gasteiger partial charge in [0.25, 0.3) is 0 Å². The molecule has 0 amide bonds. The molecule has 0 aliphatic carbocycles. The first-order valence-electron chi connectivity index (χ1n) is 4.73. The van der Waals surface area contributed by atoms with Crippen LogP contribution in [0, 0.1) is 0 Å². The predicted molar refractivity (Wildman–Crippen MR) is 60.1 cm³/mol. The Labute approximate surface area is 98.8 Å². The molecular weight excluding hydrogens is 248 g/mol. The molecular formula is C9H14N2O5S. The Morgan fingerprint density at radius 2 is 2.06 bits per heavy atom. The zero-order valence-corrected chi connectivity index (χ0v) is 10.3. The lowest BCUT2D eigenvalue weighted by Gasteiger charge is -2.13. The highest BCUT2D eigenvalue weighted by Gasteiger charge is 2.19. The van der Waals surface area contributed by atoms with Crippen LogP contribution in [0.1, 0.15) is 0 Å². The number of hydrogen-bond acceptors (Lipinski definition) is 5. The van der Waals surface area contributed by atoms with Crippen LogP contribution in [0.5, 0.6) is 0 Å². The van der Waals surface area contributed by atoms with Crippen molar-refractivity contribution in [2.75, 3.05) is 20.8 Å². The van der Waals surface area contributed by atoms with Gasteiger partial charge < -0.3 is 14.5 Å². The molecule has 0 unspecified atom stereocenters. The molecule has 0 aliphatic heterocycles. The fourth-order valence-electron chi connectivity index (χ4n) is 1.13. The Bertz CT molecular complexity index is 506. The van der Waals surface area contributed by atoms with Crippen molar-refractivity contribution in [1.29, 1.82) is 0 Å². The summed E-state index contributed by atoms with van der Waals surface area (Å²) in [6.07, 6.45) is 1.78. The third-order valence-corrected chi connectivity index (χ3v) is 3.49. The van der Waals surface area contributed by atoms with Crippen LogP contribution >= 0.6 is 0 Å². The average molecular weight is 262 g/mol. The summed E-state index contributed by atoms with van der Waals surface area (Å²) >= 11 is 0. The van der Waals surface area contributed by atoms with E-state index in [1.807, 2.05) is 0 Å². The molecule has 96 valence electrons. The van der Waals surface area contributed by atoms with Crippen molar-refractivity contribution < 1.29 is 17.9 Å². The maximum absolute atomic E-state index is 11.7. The normalized spacial score (nSPS) is 11.9. The third-order valence-electron chi connectivity index (χ3n) is 2.04. The number of nitrogens with one attached hydrogen (secondary N) is 2. The Kier molecular flexibility index (Phi) is 4.82. The summed E-state index contributed by atoms with van der Waals surface area (Å²) < 4.78 is 35.4. The Morgan fingerprint density at radius 3 is 2.59 bits per heavy atom. The van der Waals surface area contributed by atoms with Crippen molar-refractivity contribution in [3.8, 4) is 0 Å². The molecule has 0 spiro atoms. The van der Waals surface area contributed by atoms with Crippen molar-refractivity contribution >= 4 is 10.0 Å². The molecule has 0 saturated carbocycles. The summed E-state index contributed by atoms with van der Waals surface area (Å²) in [5.74, 6) is 0. The molecule has 17 heavy (non-hydrogen) atoms. The molecule has 1 aromatic rings. The highest BCUT2D eigenvalue weighted by molar-refractivity contribution is 7.89. The van der Waals surface area contributed by atoms with E-state index in [1.54, 1.807) is 0 Å². The first kappa shape index (κ1) is 13.8. The molecule has 8 heteroatoms. The topological polar surface area (TPSA) is 97.5 Å². The second kappa shape index (κ2) is 5.92. The summed E-state index contributed by atoms with van der Waals surface area (Å²) in [5.41, 5.74) is -0.581. The lowest BCUT2D eigenvalue weighted by molar-refractivity contribution is -0.0960. The second-order valence-electron chi connectivity index (χ2n) is 3.13. The molecule has 0 saturated heterocycles. The van der Waals surface area contributed by atoms with Crippen LogP contribution in [-0.2, 0) is 19.5 Å². The first-order valence-corrected chi connectivity index (χ1v) is 6.22. The van der Waals surface area contributed by atoms with Gasteiger partial charge in [-0.3, -0.25) is 4.79 Å². The van der Waals surface area contributed by atoms with E-state index in [2.05, 4.69) is 9.71 Å². The van der Waals surface area contributed by atoms with Gasteiger partial charge in [0, 0.05) is 32.7 Å². The number of sulfonamides is 1. The number of H-pyrrole nitrogens is 1. The summed E-state index contributed by atoms with van der Waals surface area (Å²) in [6.45, 7) is -0.0797. The molecule has 0 bridgehead atoms. The largest absolute Gasteiger partial charge is 0.366 e. The standard InChI is InChI=1S/C9H14N2O5S/c1-15-9(16-2)6-11-17(13,14)8-5-10-4-3-7(8)12/h3-5,9,11H,6H2,1-2H3,(H,10,12). The van der Waals surface area contributed by atoms with E-state index >= 15 is 0 Å². The molecule has 1 heterocycles. The monoisotopic (exact) mass is 262 g/mol. The van der Waals surface area contributed by atoms with Crippen molar-refractivity contribution in [3.05, 3.63) is 28.7 Å². The SMILES string of the molecule is COC(CNS(=O)(=O)c1c[nH]ccc1=O)OC. The van der Waals surface area contributed by atoms with E-state index in [0.717, 1.165) is 12.3 Å². The minimum Gasteiger partial charge on any atom is -0.366 e. The molecule has 2 N–H and O–H groups in total. The Morgan fingerprint density at radius 1 is 1.41 bits per heavy atom. The molecule has 0 aromatic carbocycles. The van der Waals surface area contributed by atoms with Gasteiger partial charge >= 0.3 is 0 Å². The number of methoxy groups -OCH3 is 2. The maximum Gasteiger partial charge on any atom is 0.246 e. The molecule has 0 atom stereocenters. The smallest absolute Gasteiger partial charge is 0.246 e. The number of hydrogen-bond donors (Lipinski definition) is 2. The van der Waals surface area contributed by atoms with Gasteiger partial charge in [-0.2, -0.15) is 0 Å². The van der Waals surface area contributed by atoms with Crippen LogP contribution in [0.4, 0.5) is 0 Å². The van der Waals surface area contributed by atoms with Gasteiger partial charge in [0.05, 0.1) is 6.54 Å². The minimum absolute atomic E-state index is 0.0797. The molecule has 7 nitrogen and oxygen atoms in total. The van der Waals surface area contributed by atoms with Gasteiger partial charge in [0.1, 0.15) is 4.90 Å². The fraction of sp³-hybridized carbons (Fsp3) is 0.444. The lowest BCUT2D eigenvalue weighted by atomic mass is 10.5. The summed E-state index contributed by atoms with van der Waals surface area (Å²) in [7, 11) is -1.09. The molecule has 1 rings (SSSR count).